The third-order valence-electron chi connectivity index (χ3n) is 3.84. The molecule has 4 nitrogen and oxygen atoms in total. The minimum atomic E-state index is -0.353. The van der Waals surface area contributed by atoms with E-state index in [0.717, 1.165) is 25.3 Å². The van der Waals surface area contributed by atoms with Gasteiger partial charge in [-0.05, 0) is 30.9 Å². The summed E-state index contributed by atoms with van der Waals surface area (Å²) in [4.78, 5) is 14.6. The van der Waals surface area contributed by atoms with Gasteiger partial charge in [-0.15, -0.1) is 0 Å². The maximum absolute atomic E-state index is 12.3. The molecule has 5 heteroatoms. The predicted molar refractivity (Wildman–Crippen MR) is 92.1 cm³/mol. The molecule has 1 fully saturated rings. The number of morpholine rings is 1. The van der Waals surface area contributed by atoms with Crippen LogP contribution in [0.15, 0.2) is 30.3 Å². The van der Waals surface area contributed by atoms with Crippen LogP contribution in [0, 0.1) is 0 Å². The number of nitrogens with zero attached hydrogens (tertiary/aromatic N) is 1. The average Bonchev–Trinajstić information content (AvgIpc) is 2.54. The second kappa shape index (κ2) is 9.18. The number of carbonyl (C=O) groups is 1. The van der Waals surface area contributed by atoms with E-state index in [-0.39, 0.29) is 18.1 Å². The SMILES string of the molecule is CSCC[C@H](C)NC(=O)[C@H]1CN(Cc2ccccc2)CCO1. The lowest BCUT2D eigenvalue weighted by Gasteiger charge is -2.32. The summed E-state index contributed by atoms with van der Waals surface area (Å²) in [5.41, 5.74) is 1.27. The highest BCUT2D eigenvalue weighted by Gasteiger charge is 2.27. The van der Waals surface area contributed by atoms with Crippen molar-refractivity contribution in [1.82, 2.24) is 10.2 Å². The van der Waals surface area contributed by atoms with Crippen LogP contribution in [0.2, 0.25) is 0 Å². The van der Waals surface area contributed by atoms with Gasteiger partial charge in [0.25, 0.3) is 5.91 Å². The number of amides is 1. The Morgan fingerprint density at radius 1 is 1.45 bits per heavy atom. The summed E-state index contributed by atoms with van der Waals surface area (Å²) >= 11 is 1.80. The van der Waals surface area contributed by atoms with E-state index in [2.05, 4.69) is 35.5 Å². The highest BCUT2D eigenvalue weighted by atomic mass is 32.2. The first-order valence-electron chi connectivity index (χ1n) is 7.86. The zero-order chi connectivity index (χ0) is 15.8. The maximum atomic E-state index is 12.3. The molecule has 0 aliphatic carbocycles. The molecule has 1 amide bonds. The molecule has 0 spiro atoms. The van der Waals surface area contributed by atoms with Crippen LogP contribution in [0.3, 0.4) is 0 Å². The monoisotopic (exact) mass is 322 g/mol. The fourth-order valence-corrected chi connectivity index (χ4v) is 3.14. The number of hydrogen-bond acceptors (Lipinski definition) is 4. The number of hydrogen-bond donors (Lipinski definition) is 1. The number of thioether (sulfide) groups is 1. The lowest BCUT2D eigenvalue weighted by Crippen LogP contribution is -2.51. The van der Waals surface area contributed by atoms with Gasteiger partial charge in [-0.2, -0.15) is 11.8 Å². The summed E-state index contributed by atoms with van der Waals surface area (Å²) in [5, 5.41) is 3.06. The van der Waals surface area contributed by atoms with Crippen molar-refractivity contribution in [1.29, 1.82) is 0 Å². The molecule has 22 heavy (non-hydrogen) atoms. The zero-order valence-corrected chi connectivity index (χ0v) is 14.3. The van der Waals surface area contributed by atoms with E-state index >= 15 is 0 Å². The van der Waals surface area contributed by atoms with Crippen LogP contribution in [0.25, 0.3) is 0 Å². The molecule has 122 valence electrons. The maximum Gasteiger partial charge on any atom is 0.250 e. The fourth-order valence-electron chi connectivity index (χ4n) is 2.55. The Hall–Kier alpha value is -1.04. The minimum absolute atomic E-state index is 0.0198. The first kappa shape index (κ1) is 17.3. The zero-order valence-electron chi connectivity index (χ0n) is 13.5. The Morgan fingerprint density at radius 3 is 2.95 bits per heavy atom. The molecule has 1 N–H and O–H groups in total. The van der Waals surface area contributed by atoms with Gasteiger partial charge in [0.05, 0.1) is 6.61 Å². The fraction of sp³-hybridized carbons (Fsp3) is 0.588. The number of carbonyl (C=O) groups excluding carboxylic acids is 1. The molecule has 1 aromatic rings. The Morgan fingerprint density at radius 2 is 2.23 bits per heavy atom. The molecular formula is C17H26N2O2S. The minimum Gasteiger partial charge on any atom is -0.366 e. The van der Waals surface area contributed by atoms with Gasteiger partial charge in [0.15, 0.2) is 0 Å². The van der Waals surface area contributed by atoms with Crippen molar-refractivity contribution in [2.75, 3.05) is 31.7 Å². The second-order valence-corrected chi connectivity index (χ2v) is 6.76. The molecule has 0 bridgehead atoms. The molecule has 1 aliphatic heterocycles. The lowest BCUT2D eigenvalue weighted by atomic mass is 10.1. The van der Waals surface area contributed by atoms with Gasteiger partial charge in [-0.25, -0.2) is 0 Å². The van der Waals surface area contributed by atoms with Gasteiger partial charge in [0.1, 0.15) is 6.10 Å². The van der Waals surface area contributed by atoms with E-state index in [0.29, 0.717) is 13.2 Å². The van der Waals surface area contributed by atoms with Crippen molar-refractivity contribution in [3.8, 4) is 0 Å². The Bertz CT molecular complexity index is 455. The van der Waals surface area contributed by atoms with Crippen LogP contribution >= 0.6 is 11.8 Å². The average molecular weight is 322 g/mol. The molecule has 2 rings (SSSR count). The van der Waals surface area contributed by atoms with Crippen molar-refractivity contribution in [3.63, 3.8) is 0 Å². The highest BCUT2D eigenvalue weighted by Crippen LogP contribution is 2.11. The summed E-state index contributed by atoms with van der Waals surface area (Å²) in [6.45, 7) is 5.08. The largest absolute Gasteiger partial charge is 0.366 e. The molecule has 2 atom stereocenters. The van der Waals surface area contributed by atoms with Gasteiger partial charge >= 0.3 is 0 Å². The van der Waals surface area contributed by atoms with Gasteiger partial charge in [-0.3, -0.25) is 9.69 Å². The summed E-state index contributed by atoms with van der Waals surface area (Å²) < 4.78 is 5.65. The third kappa shape index (κ3) is 5.63. The molecule has 0 radical (unpaired) electrons. The number of benzene rings is 1. The van der Waals surface area contributed by atoms with E-state index in [1.54, 1.807) is 11.8 Å². The van der Waals surface area contributed by atoms with Crippen LogP contribution in [0.5, 0.6) is 0 Å². The van der Waals surface area contributed by atoms with E-state index < -0.39 is 0 Å². The summed E-state index contributed by atoms with van der Waals surface area (Å²) in [5.74, 6) is 1.08. The Labute approximate surface area is 137 Å². The van der Waals surface area contributed by atoms with Crippen molar-refractivity contribution in [3.05, 3.63) is 35.9 Å². The van der Waals surface area contributed by atoms with E-state index in [1.165, 1.54) is 5.56 Å². The lowest BCUT2D eigenvalue weighted by molar-refractivity contribution is -0.139. The number of ether oxygens (including phenoxy) is 1. The number of nitrogens with one attached hydrogen (secondary N) is 1. The third-order valence-corrected chi connectivity index (χ3v) is 4.48. The van der Waals surface area contributed by atoms with Crippen LogP contribution < -0.4 is 5.32 Å². The molecule has 0 unspecified atom stereocenters. The van der Waals surface area contributed by atoms with E-state index in [9.17, 15) is 4.79 Å². The first-order valence-corrected chi connectivity index (χ1v) is 9.25. The van der Waals surface area contributed by atoms with Gasteiger partial charge in [0, 0.05) is 25.7 Å². The van der Waals surface area contributed by atoms with Crippen molar-refractivity contribution < 1.29 is 9.53 Å². The molecule has 1 saturated heterocycles. The smallest absolute Gasteiger partial charge is 0.250 e. The Balaban J connectivity index is 1.81. The summed E-state index contributed by atoms with van der Waals surface area (Å²) in [6, 6.07) is 10.6. The molecule has 0 saturated carbocycles. The standard InChI is InChI=1S/C17H26N2O2S/c1-14(8-11-22-2)18-17(20)16-13-19(9-10-21-16)12-15-6-4-3-5-7-15/h3-7,14,16H,8-13H2,1-2H3,(H,18,20)/t14-,16+/m0/s1. The topological polar surface area (TPSA) is 41.6 Å². The van der Waals surface area contributed by atoms with Gasteiger partial charge < -0.3 is 10.1 Å². The van der Waals surface area contributed by atoms with Crippen molar-refractivity contribution in [2.24, 2.45) is 0 Å². The first-order chi connectivity index (χ1) is 10.7. The van der Waals surface area contributed by atoms with E-state index in [1.807, 2.05) is 18.2 Å². The second-order valence-electron chi connectivity index (χ2n) is 5.77. The van der Waals surface area contributed by atoms with Crippen molar-refractivity contribution >= 4 is 17.7 Å². The number of rotatable bonds is 7. The predicted octanol–water partition coefficient (Wildman–Crippen LogP) is 2.15. The molecular weight excluding hydrogens is 296 g/mol. The quantitative estimate of drug-likeness (QED) is 0.835. The van der Waals surface area contributed by atoms with Crippen LogP contribution in [0.4, 0.5) is 0 Å². The van der Waals surface area contributed by atoms with E-state index in [4.69, 9.17) is 4.74 Å². The normalized spacial score (nSPS) is 20.5. The van der Waals surface area contributed by atoms with Gasteiger partial charge in [0.2, 0.25) is 0 Å². The molecule has 1 aliphatic rings. The Kier molecular flexibility index (Phi) is 7.22. The van der Waals surface area contributed by atoms with Gasteiger partial charge in [-0.1, -0.05) is 30.3 Å². The molecule has 1 aromatic carbocycles. The summed E-state index contributed by atoms with van der Waals surface area (Å²) in [6.07, 6.45) is 2.72. The molecule has 0 aromatic heterocycles. The van der Waals surface area contributed by atoms with Crippen LogP contribution in [-0.4, -0.2) is 54.7 Å². The molecule has 1 heterocycles. The van der Waals surface area contributed by atoms with Crippen molar-refractivity contribution in [2.45, 2.75) is 32.0 Å². The van der Waals surface area contributed by atoms with Crippen LogP contribution in [0.1, 0.15) is 18.9 Å². The van der Waals surface area contributed by atoms with Crippen LogP contribution in [-0.2, 0) is 16.1 Å². The highest BCUT2D eigenvalue weighted by molar-refractivity contribution is 7.98. The summed E-state index contributed by atoms with van der Waals surface area (Å²) in [7, 11) is 0.